The first-order chi connectivity index (χ1) is 8.97. The van der Waals surface area contributed by atoms with Crippen LogP contribution in [-0.4, -0.2) is 28.0 Å². The third-order valence-electron chi connectivity index (χ3n) is 3.71. The van der Waals surface area contributed by atoms with E-state index in [0.717, 1.165) is 6.42 Å². The summed E-state index contributed by atoms with van der Waals surface area (Å²) in [4.78, 5) is 0. The van der Waals surface area contributed by atoms with Crippen LogP contribution in [0.4, 0.5) is 13.2 Å². The lowest BCUT2D eigenvalue weighted by Gasteiger charge is -2.35. The summed E-state index contributed by atoms with van der Waals surface area (Å²) < 4.78 is 40.6. The lowest BCUT2D eigenvalue weighted by atomic mass is 9.83. The summed E-state index contributed by atoms with van der Waals surface area (Å²) in [6.45, 7) is 2.50. The molecular weight excluding hydrogens is 255 g/mol. The van der Waals surface area contributed by atoms with Gasteiger partial charge in [-0.25, -0.2) is 0 Å². The van der Waals surface area contributed by atoms with Crippen molar-refractivity contribution < 1.29 is 13.2 Å². The predicted octanol–water partition coefficient (Wildman–Crippen LogP) is 2.98. The van der Waals surface area contributed by atoms with Gasteiger partial charge in [0.25, 0.3) is 0 Å². The second-order valence-corrected chi connectivity index (χ2v) is 5.33. The fourth-order valence-corrected chi connectivity index (χ4v) is 2.83. The van der Waals surface area contributed by atoms with Crippen LogP contribution in [0.25, 0.3) is 0 Å². The predicted molar refractivity (Wildman–Crippen MR) is 66.6 cm³/mol. The monoisotopic (exact) mass is 275 g/mol. The van der Waals surface area contributed by atoms with Gasteiger partial charge in [0.05, 0.1) is 12.5 Å². The molecule has 108 valence electrons. The third-order valence-corrected chi connectivity index (χ3v) is 3.71. The largest absolute Gasteiger partial charge is 0.393 e. The Morgan fingerprint density at radius 1 is 1.37 bits per heavy atom. The first kappa shape index (κ1) is 14.4. The molecule has 0 aliphatic heterocycles. The SMILES string of the molecule is CC(Cn1cccn1)NC1CCCCC1C(F)(F)F. The summed E-state index contributed by atoms with van der Waals surface area (Å²) in [6, 6.07) is 1.33. The van der Waals surface area contributed by atoms with Crippen LogP contribution in [0.15, 0.2) is 18.5 Å². The van der Waals surface area contributed by atoms with Crippen LogP contribution in [0.1, 0.15) is 32.6 Å². The summed E-state index contributed by atoms with van der Waals surface area (Å²) in [5.74, 6) is -1.21. The summed E-state index contributed by atoms with van der Waals surface area (Å²) in [5.41, 5.74) is 0. The second kappa shape index (κ2) is 5.94. The fourth-order valence-electron chi connectivity index (χ4n) is 2.83. The topological polar surface area (TPSA) is 29.9 Å². The van der Waals surface area contributed by atoms with Gasteiger partial charge < -0.3 is 5.32 Å². The first-order valence-electron chi connectivity index (χ1n) is 6.77. The molecule has 1 aromatic heterocycles. The highest BCUT2D eigenvalue weighted by Crippen LogP contribution is 2.37. The molecule has 1 saturated carbocycles. The Balaban J connectivity index is 1.92. The van der Waals surface area contributed by atoms with Gasteiger partial charge in [0.15, 0.2) is 0 Å². The zero-order valence-electron chi connectivity index (χ0n) is 11.0. The summed E-state index contributed by atoms with van der Waals surface area (Å²) in [7, 11) is 0. The Morgan fingerprint density at radius 3 is 2.74 bits per heavy atom. The molecule has 1 aliphatic rings. The van der Waals surface area contributed by atoms with Gasteiger partial charge in [-0.05, 0) is 25.8 Å². The molecule has 1 heterocycles. The maximum absolute atomic E-state index is 13.0. The van der Waals surface area contributed by atoms with Crippen molar-refractivity contribution in [2.24, 2.45) is 5.92 Å². The molecule has 3 nitrogen and oxygen atoms in total. The fraction of sp³-hybridized carbons (Fsp3) is 0.769. The molecule has 19 heavy (non-hydrogen) atoms. The lowest BCUT2D eigenvalue weighted by molar-refractivity contribution is -0.189. The Morgan fingerprint density at radius 2 is 2.11 bits per heavy atom. The van der Waals surface area contributed by atoms with Gasteiger partial charge in [-0.15, -0.1) is 0 Å². The zero-order valence-corrected chi connectivity index (χ0v) is 11.0. The Hall–Kier alpha value is -1.04. The van der Waals surface area contributed by atoms with Crippen molar-refractivity contribution in [1.82, 2.24) is 15.1 Å². The number of rotatable bonds is 4. The highest BCUT2D eigenvalue weighted by Gasteiger charge is 2.45. The molecule has 0 radical (unpaired) electrons. The molecule has 1 aromatic rings. The number of hydrogen-bond acceptors (Lipinski definition) is 2. The van der Waals surface area contributed by atoms with Gasteiger partial charge in [0, 0.05) is 24.5 Å². The molecule has 0 aromatic carbocycles. The Bertz CT molecular complexity index is 375. The molecule has 0 saturated heterocycles. The molecule has 1 fully saturated rings. The van der Waals surface area contributed by atoms with Gasteiger partial charge in [0.1, 0.15) is 0 Å². The molecule has 0 spiro atoms. The van der Waals surface area contributed by atoms with Crippen molar-refractivity contribution in [2.75, 3.05) is 0 Å². The molecule has 1 aliphatic carbocycles. The van der Waals surface area contributed by atoms with Crippen LogP contribution in [0.3, 0.4) is 0 Å². The van der Waals surface area contributed by atoms with E-state index in [4.69, 9.17) is 0 Å². The molecule has 1 N–H and O–H groups in total. The van der Waals surface area contributed by atoms with Crippen molar-refractivity contribution in [3.05, 3.63) is 18.5 Å². The minimum Gasteiger partial charge on any atom is -0.309 e. The van der Waals surface area contributed by atoms with E-state index in [1.54, 1.807) is 10.9 Å². The van der Waals surface area contributed by atoms with E-state index in [2.05, 4.69) is 10.4 Å². The summed E-state index contributed by atoms with van der Waals surface area (Å²) >= 11 is 0. The number of aromatic nitrogens is 2. The normalized spacial score (nSPS) is 26.3. The average molecular weight is 275 g/mol. The molecular formula is C13H20F3N3. The van der Waals surface area contributed by atoms with Crippen molar-refractivity contribution >= 4 is 0 Å². The van der Waals surface area contributed by atoms with Gasteiger partial charge in [0.2, 0.25) is 0 Å². The van der Waals surface area contributed by atoms with Crippen molar-refractivity contribution in [3.8, 4) is 0 Å². The van der Waals surface area contributed by atoms with Gasteiger partial charge in [-0.3, -0.25) is 4.68 Å². The van der Waals surface area contributed by atoms with Gasteiger partial charge >= 0.3 is 6.18 Å². The highest BCUT2D eigenvalue weighted by molar-refractivity contribution is 4.87. The van der Waals surface area contributed by atoms with Crippen molar-refractivity contribution in [1.29, 1.82) is 0 Å². The molecule has 3 unspecified atom stereocenters. The molecule has 2 rings (SSSR count). The lowest BCUT2D eigenvalue weighted by Crippen LogP contribution is -2.49. The highest BCUT2D eigenvalue weighted by atomic mass is 19.4. The first-order valence-corrected chi connectivity index (χ1v) is 6.77. The van der Waals surface area contributed by atoms with E-state index in [9.17, 15) is 13.2 Å². The van der Waals surface area contributed by atoms with Crippen molar-refractivity contribution in [3.63, 3.8) is 0 Å². The second-order valence-electron chi connectivity index (χ2n) is 5.33. The van der Waals surface area contributed by atoms with Gasteiger partial charge in [-0.2, -0.15) is 18.3 Å². The van der Waals surface area contributed by atoms with E-state index < -0.39 is 18.1 Å². The van der Waals surface area contributed by atoms with Crippen LogP contribution < -0.4 is 5.32 Å². The van der Waals surface area contributed by atoms with Crippen LogP contribution in [0.2, 0.25) is 0 Å². The van der Waals surface area contributed by atoms with Gasteiger partial charge in [-0.1, -0.05) is 12.8 Å². The van der Waals surface area contributed by atoms with Crippen LogP contribution in [0.5, 0.6) is 0 Å². The smallest absolute Gasteiger partial charge is 0.309 e. The number of hydrogen-bond donors (Lipinski definition) is 1. The minimum atomic E-state index is -4.09. The standard InChI is InChI=1S/C13H20F3N3/c1-10(9-19-8-4-7-17-19)18-12-6-3-2-5-11(12)13(14,15)16/h4,7-8,10-12,18H,2-3,5-6,9H2,1H3. The van der Waals surface area contributed by atoms with Crippen LogP contribution in [-0.2, 0) is 6.54 Å². The quantitative estimate of drug-likeness (QED) is 0.915. The zero-order chi connectivity index (χ0) is 13.9. The number of alkyl halides is 3. The summed E-state index contributed by atoms with van der Waals surface area (Å²) in [5, 5.41) is 7.20. The van der Waals surface area contributed by atoms with Crippen LogP contribution >= 0.6 is 0 Å². The summed E-state index contributed by atoms with van der Waals surface area (Å²) in [6.07, 6.45) is 1.80. The average Bonchev–Trinajstić information content (AvgIpc) is 2.81. The molecule has 0 amide bonds. The Kier molecular flexibility index (Phi) is 4.50. The molecule has 0 bridgehead atoms. The number of halogens is 3. The van der Waals surface area contributed by atoms with E-state index in [0.29, 0.717) is 19.4 Å². The third kappa shape index (κ3) is 3.96. The van der Waals surface area contributed by atoms with E-state index in [1.165, 1.54) is 0 Å². The van der Waals surface area contributed by atoms with E-state index >= 15 is 0 Å². The van der Waals surface area contributed by atoms with E-state index in [-0.39, 0.29) is 12.5 Å². The van der Waals surface area contributed by atoms with E-state index in [1.807, 2.05) is 19.2 Å². The molecule has 6 heteroatoms. The Labute approximate surface area is 111 Å². The number of nitrogens with zero attached hydrogens (tertiary/aromatic N) is 2. The van der Waals surface area contributed by atoms with Crippen molar-refractivity contribution in [2.45, 2.75) is 57.4 Å². The molecule has 3 atom stereocenters. The maximum Gasteiger partial charge on any atom is 0.393 e. The number of nitrogens with one attached hydrogen (secondary N) is 1. The maximum atomic E-state index is 13.0. The van der Waals surface area contributed by atoms with Crippen LogP contribution in [0, 0.1) is 5.92 Å². The minimum absolute atomic E-state index is 0.0205.